The van der Waals surface area contributed by atoms with Gasteiger partial charge in [-0.1, -0.05) is 0 Å². The van der Waals surface area contributed by atoms with Gasteiger partial charge < -0.3 is 10.1 Å². The normalized spacial score (nSPS) is 11.8. The molecule has 6 heteroatoms. The second-order valence-electron chi connectivity index (χ2n) is 4.36. The van der Waals surface area contributed by atoms with E-state index in [2.05, 4.69) is 5.32 Å². The van der Waals surface area contributed by atoms with Gasteiger partial charge >= 0.3 is 0 Å². The van der Waals surface area contributed by atoms with Crippen LogP contribution >= 0.6 is 0 Å². The molecule has 0 bridgehead atoms. The molecule has 0 saturated heterocycles. The lowest BCUT2D eigenvalue weighted by atomic mass is 10.3. The van der Waals surface area contributed by atoms with E-state index >= 15 is 0 Å². The van der Waals surface area contributed by atoms with Gasteiger partial charge in [-0.25, -0.2) is 8.42 Å². The van der Waals surface area contributed by atoms with E-state index in [-0.39, 0.29) is 24.2 Å². The Balaban J connectivity index is 3.41. The Morgan fingerprint density at radius 2 is 1.94 bits per heavy atom. The van der Waals surface area contributed by atoms with Crippen molar-refractivity contribution >= 4 is 15.7 Å². The van der Waals surface area contributed by atoms with Crippen molar-refractivity contribution in [2.75, 3.05) is 25.2 Å². The van der Waals surface area contributed by atoms with Gasteiger partial charge in [-0.05, 0) is 26.7 Å². The van der Waals surface area contributed by atoms with Gasteiger partial charge in [0.25, 0.3) is 0 Å². The van der Waals surface area contributed by atoms with Gasteiger partial charge in [-0.2, -0.15) is 0 Å². The average Bonchev–Trinajstić information content (AvgIpc) is 2.14. The zero-order chi connectivity index (χ0) is 13.3. The Kier molecular flexibility index (Phi) is 8.16. The molecule has 5 nitrogen and oxygen atoms in total. The van der Waals surface area contributed by atoms with Crippen molar-refractivity contribution in [2.24, 2.45) is 0 Å². The first-order valence-corrected chi connectivity index (χ1v) is 7.93. The van der Waals surface area contributed by atoms with E-state index in [9.17, 15) is 13.2 Å². The summed E-state index contributed by atoms with van der Waals surface area (Å²) in [6, 6.07) is 0. The van der Waals surface area contributed by atoms with Crippen LogP contribution < -0.4 is 5.32 Å². The molecule has 0 radical (unpaired) electrons. The van der Waals surface area contributed by atoms with Crippen LogP contribution in [0.25, 0.3) is 0 Å². The van der Waals surface area contributed by atoms with Crippen molar-refractivity contribution in [3.8, 4) is 0 Å². The quantitative estimate of drug-likeness (QED) is 0.624. The molecule has 0 spiro atoms. The molecule has 0 aliphatic carbocycles. The minimum atomic E-state index is -2.96. The van der Waals surface area contributed by atoms with E-state index < -0.39 is 9.84 Å². The summed E-state index contributed by atoms with van der Waals surface area (Å²) in [4.78, 5) is 11.3. The minimum Gasteiger partial charge on any atom is -0.379 e. The summed E-state index contributed by atoms with van der Waals surface area (Å²) in [6.45, 7) is 5.12. The lowest BCUT2D eigenvalue weighted by molar-refractivity contribution is -0.121. The maximum absolute atomic E-state index is 11.3. The van der Waals surface area contributed by atoms with Crippen molar-refractivity contribution < 1.29 is 17.9 Å². The van der Waals surface area contributed by atoms with Gasteiger partial charge in [0.1, 0.15) is 9.84 Å². The minimum absolute atomic E-state index is 0.0663. The van der Waals surface area contributed by atoms with Gasteiger partial charge in [-0.3, -0.25) is 4.79 Å². The summed E-state index contributed by atoms with van der Waals surface area (Å²) in [6.07, 6.45) is 2.80. The molecule has 1 N–H and O–H groups in total. The fraction of sp³-hybridized carbons (Fsp3) is 0.909. The number of sulfone groups is 1. The topological polar surface area (TPSA) is 72.5 Å². The van der Waals surface area contributed by atoms with Crippen LogP contribution in [0, 0.1) is 0 Å². The first kappa shape index (κ1) is 16.4. The molecule has 102 valence electrons. The Hall–Kier alpha value is -0.620. The van der Waals surface area contributed by atoms with Crippen molar-refractivity contribution in [3.63, 3.8) is 0 Å². The molecule has 0 aliphatic rings. The van der Waals surface area contributed by atoms with Crippen LogP contribution in [-0.4, -0.2) is 45.6 Å². The Labute approximate surface area is 104 Å². The number of hydrogen-bond donors (Lipinski definition) is 1. The van der Waals surface area contributed by atoms with Gasteiger partial charge in [-0.15, -0.1) is 0 Å². The van der Waals surface area contributed by atoms with Gasteiger partial charge in [0.2, 0.25) is 5.91 Å². The SMILES string of the molecule is CC(C)OCCCNC(=O)CCCS(C)(=O)=O. The molecule has 0 aliphatic heterocycles. The van der Waals surface area contributed by atoms with Crippen molar-refractivity contribution in [2.45, 2.75) is 39.2 Å². The Morgan fingerprint density at radius 3 is 2.47 bits per heavy atom. The summed E-state index contributed by atoms with van der Waals surface area (Å²) < 4.78 is 27.0. The Morgan fingerprint density at radius 1 is 1.29 bits per heavy atom. The number of ether oxygens (including phenoxy) is 1. The monoisotopic (exact) mass is 265 g/mol. The third-order valence-electron chi connectivity index (χ3n) is 2.01. The largest absolute Gasteiger partial charge is 0.379 e. The van der Waals surface area contributed by atoms with E-state index in [0.29, 0.717) is 19.6 Å². The summed E-state index contributed by atoms with van der Waals surface area (Å²) in [5, 5.41) is 2.73. The maximum atomic E-state index is 11.3. The number of carbonyl (C=O) groups excluding carboxylic acids is 1. The standard InChI is InChI=1S/C11H23NO4S/c1-10(2)16-8-5-7-12-11(13)6-4-9-17(3,14)15/h10H,4-9H2,1-3H3,(H,12,13). The van der Waals surface area contributed by atoms with Crippen molar-refractivity contribution in [3.05, 3.63) is 0 Å². The summed E-state index contributed by atoms with van der Waals surface area (Å²) in [5.41, 5.74) is 0. The predicted octanol–water partition coefficient (Wildman–Crippen LogP) is 0.742. The fourth-order valence-electron chi connectivity index (χ4n) is 1.20. The van der Waals surface area contributed by atoms with Crippen LogP contribution in [0.2, 0.25) is 0 Å². The van der Waals surface area contributed by atoms with E-state index in [4.69, 9.17) is 4.74 Å². The van der Waals surface area contributed by atoms with Crippen molar-refractivity contribution in [1.29, 1.82) is 0 Å². The van der Waals surface area contributed by atoms with E-state index in [1.54, 1.807) is 0 Å². The first-order chi connectivity index (χ1) is 7.81. The molecule has 0 aromatic heterocycles. The molecular formula is C11H23NO4S. The molecule has 0 fully saturated rings. The summed E-state index contributed by atoms with van der Waals surface area (Å²) >= 11 is 0. The van der Waals surface area contributed by atoms with Crippen LogP contribution in [0.3, 0.4) is 0 Å². The third-order valence-corrected chi connectivity index (χ3v) is 3.04. The zero-order valence-electron chi connectivity index (χ0n) is 10.9. The van der Waals surface area contributed by atoms with Gasteiger partial charge in [0, 0.05) is 25.8 Å². The number of carbonyl (C=O) groups is 1. The predicted molar refractivity (Wildman–Crippen MR) is 67.7 cm³/mol. The Bertz CT molecular complexity index is 311. The molecule has 17 heavy (non-hydrogen) atoms. The zero-order valence-corrected chi connectivity index (χ0v) is 11.7. The highest BCUT2D eigenvalue weighted by Gasteiger charge is 2.05. The van der Waals surface area contributed by atoms with Crippen LogP contribution in [0.4, 0.5) is 0 Å². The molecular weight excluding hydrogens is 242 g/mol. The van der Waals surface area contributed by atoms with E-state index in [1.165, 1.54) is 6.26 Å². The van der Waals surface area contributed by atoms with Crippen LogP contribution in [-0.2, 0) is 19.4 Å². The molecule has 0 saturated carbocycles. The van der Waals surface area contributed by atoms with Crippen molar-refractivity contribution in [1.82, 2.24) is 5.32 Å². The number of hydrogen-bond acceptors (Lipinski definition) is 4. The molecule has 0 heterocycles. The molecule has 0 aromatic carbocycles. The maximum Gasteiger partial charge on any atom is 0.220 e. The van der Waals surface area contributed by atoms with Crippen LogP contribution in [0.5, 0.6) is 0 Å². The fourth-order valence-corrected chi connectivity index (χ4v) is 1.87. The smallest absolute Gasteiger partial charge is 0.220 e. The highest BCUT2D eigenvalue weighted by Crippen LogP contribution is 1.95. The molecule has 0 aromatic rings. The van der Waals surface area contributed by atoms with Gasteiger partial charge in [0.15, 0.2) is 0 Å². The van der Waals surface area contributed by atoms with E-state index in [1.807, 2.05) is 13.8 Å². The van der Waals surface area contributed by atoms with Gasteiger partial charge in [0.05, 0.1) is 11.9 Å². The molecule has 0 rings (SSSR count). The second kappa shape index (κ2) is 8.47. The van der Waals surface area contributed by atoms with E-state index in [0.717, 1.165) is 6.42 Å². The number of rotatable bonds is 9. The number of amides is 1. The summed E-state index contributed by atoms with van der Waals surface area (Å²) in [7, 11) is -2.96. The molecule has 0 atom stereocenters. The van der Waals surface area contributed by atoms with Crippen LogP contribution in [0.1, 0.15) is 33.1 Å². The molecule has 0 unspecified atom stereocenters. The highest BCUT2D eigenvalue weighted by atomic mass is 32.2. The highest BCUT2D eigenvalue weighted by molar-refractivity contribution is 7.90. The molecule has 1 amide bonds. The third kappa shape index (κ3) is 13.3. The second-order valence-corrected chi connectivity index (χ2v) is 6.62. The van der Waals surface area contributed by atoms with Crippen LogP contribution in [0.15, 0.2) is 0 Å². The first-order valence-electron chi connectivity index (χ1n) is 5.87. The lowest BCUT2D eigenvalue weighted by Crippen LogP contribution is -2.25. The average molecular weight is 265 g/mol. The summed E-state index contributed by atoms with van der Waals surface area (Å²) in [5.74, 6) is -0.0325. The lowest BCUT2D eigenvalue weighted by Gasteiger charge is -2.08. The number of nitrogens with one attached hydrogen (secondary N) is 1.